The van der Waals surface area contributed by atoms with E-state index in [1.54, 1.807) is 0 Å². The maximum atomic E-state index is 11.9. The fraction of sp³-hybridized carbons (Fsp3) is 0.769. The second-order valence-electron chi connectivity index (χ2n) is 4.26. The minimum absolute atomic E-state index is 0.0733. The highest BCUT2D eigenvalue weighted by Gasteiger charge is 2.06. The molecule has 0 rings (SSSR count). The summed E-state index contributed by atoms with van der Waals surface area (Å²) in [6, 6.07) is -1.49. The zero-order chi connectivity index (χ0) is 13.8. The summed E-state index contributed by atoms with van der Waals surface area (Å²) in [7, 11) is -0.207. The Balaban J connectivity index is 3.24. The lowest BCUT2D eigenvalue weighted by Crippen LogP contribution is -2.12. The first-order chi connectivity index (χ1) is 8.56. The number of ether oxygens (including phenoxy) is 1. The molecular weight excluding hydrogens is 254 g/mol. The van der Waals surface area contributed by atoms with Crippen LogP contribution >= 0.6 is 0 Å². The molecule has 0 spiro atoms. The number of carbonyl (C=O) groups excluding carboxylic acids is 1. The van der Waals surface area contributed by atoms with Crippen LogP contribution < -0.4 is 0 Å². The predicted octanol–water partition coefficient (Wildman–Crippen LogP) is 3.79. The molecule has 0 aliphatic rings. The molecule has 0 aromatic carbocycles. The number of esters is 1. The van der Waals surface area contributed by atoms with Crippen LogP contribution in [0.2, 0.25) is 6.04 Å². The lowest BCUT2D eigenvalue weighted by atomic mass is 10.1. The van der Waals surface area contributed by atoms with Crippen LogP contribution in [0.5, 0.6) is 0 Å². The number of unbranched alkanes of at least 4 members (excludes halogenated alkanes) is 4. The largest absolute Gasteiger partial charge is 0.460 e. The third kappa shape index (κ3) is 11.8. The number of rotatable bonds is 11. The molecule has 1 unspecified atom stereocenters. The fourth-order valence-electron chi connectivity index (χ4n) is 1.60. The van der Waals surface area contributed by atoms with Crippen molar-refractivity contribution in [1.82, 2.24) is 0 Å². The minimum Gasteiger partial charge on any atom is -0.460 e. The van der Waals surface area contributed by atoms with Crippen molar-refractivity contribution in [3.05, 3.63) is 12.7 Å². The van der Waals surface area contributed by atoms with E-state index in [1.165, 1.54) is 6.08 Å². The topological polar surface area (TPSA) is 26.3 Å². The van der Waals surface area contributed by atoms with Gasteiger partial charge in [-0.15, -0.1) is 0 Å². The molecule has 0 aliphatic carbocycles. The summed E-state index contributed by atoms with van der Waals surface area (Å²) in [5, 5.41) is 0. The molecule has 2 nitrogen and oxygen atoms in total. The van der Waals surface area contributed by atoms with Crippen molar-refractivity contribution >= 4 is 15.5 Å². The molecular formula is C13H22F2O2Si. The van der Waals surface area contributed by atoms with Crippen molar-refractivity contribution in [3.8, 4) is 0 Å². The molecule has 0 aromatic heterocycles. The molecule has 0 amide bonds. The molecule has 18 heavy (non-hydrogen) atoms. The monoisotopic (exact) mass is 276 g/mol. The molecule has 0 saturated heterocycles. The molecule has 0 N–H and O–H groups in total. The van der Waals surface area contributed by atoms with Gasteiger partial charge in [0.1, 0.15) is 9.52 Å². The highest BCUT2D eigenvalue weighted by atomic mass is 28.2. The molecule has 104 valence electrons. The van der Waals surface area contributed by atoms with E-state index in [9.17, 15) is 13.6 Å². The number of halogens is 2. The average molecular weight is 276 g/mol. The number of alkyl halides is 2. The lowest BCUT2D eigenvalue weighted by molar-refractivity contribution is -0.142. The van der Waals surface area contributed by atoms with Crippen LogP contribution in [0.4, 0.5) is 8.78 Å². The van der Waals surface area contributed by atoms with E-state index < -0.39 is 6.05 Å². The first kappa shape index (κ1) is 17.3. The van der Waals surface area contributed by atoms with Crippen LogP contribution in [0.3, 0.4) is 0 Å². The van der Waals surface area contributed by atoms with Gasteiger partial charge in [0, 0.05) is 6.08 Å². The van der Waals surface area contributed by atoms with Gasteiger partial charge in [0.25, 0.3) is 0 Å². The van der Waals surface area contributed by atoms with Gasteiger partial charge in [-0.1, -0.05) is 38.3 Å². The minimum atomic E-state index is -2.13. The summed E-state index contributed by atoms with van der Waals surface area (Å²) in [5.74, 6) is -0.379. The van der Waals surface area contributed by atoms with Crippen LogP contribution in [-0.2, 0) is 9.53 Å². The van der Waals surface area contributed by atoms with E-state index in [0.717, 1.165) is 38.5 Å². The van der Waals surface area contributed by atoms with Gasteiger partial charge in [-0.2, -0.15) is 0 Å². The fourth-order valence-corrected chi connectivity index (χ4v) is 2.28. The molecule has 0 fully saturated rings. The van der Waals surface area contributed by atoms with Crippen molar-refractivity contribution in [1.29, 1.82) is 0 Å². The zero-order valence-electron chi connectivity index (χ0n) is 11.0. The Kier molecular flexibility index (Phi) is 10.9. The van der Waals surface area contributed by atoms with E-state index in [2.05, 4.69) is 6.58 Å². The predicted molar refractivity (Wildman–Crippen MR) is 70.0 cm³/mol. The van der Waals surface area contributed by atoms with Crippen molar-refractivity contribution in [3.63, 3.8) is 0 Å². The first-order valence-electron chi connectivity index (χ1n) is 6.41. The Bertz CT molecular complexity index is 235. The summed E-state index contributed by atoms with van der Waals surface area (Å²) in [6.45, 7) is 5.20. The quantitative estimate of drug-likeness (QED) is 0.248. The normalized spacial score (nSPS) is 12.4. The molecule has 1 atom stereocenters. The van der Waals surface area contributed by atoms with Gasteiger partial charge < -0.3 is 4.74 Å². The van der Waals surface area contributed by atoms with E-state index in [0.29, 0.717) is 6.04 Å². The van der Waals surface area contributed by atoms with Gasteiger partial charge >= 0.3 is 5.97 Å². The van der Waals surface area contributed by atoms with Crippen molar-refractivity contribution in [2.75, 3.05) is 0 Å². The summed E-state index contributed by atoms with van der Waals surface area (Å²) in [5.41, 5.74) is 0. The second kappa shape index (κ2) is 11.4. The van der Waals surface area contributed by atoms with Crippen molar-refractivity contribution in [2.45, 2.75) is 63.6 Å². The SMILES string of the molecule is C=CC(=O)OC(C)CCCCCCC[Si]C(F)F. The van der Waals surface area contributed by atoms with Gasteiger partial charge in [0.2, 0.25) is 6.05 Å². The highest BCUT2D eigenvalue weighted by molar-refractivity contribution is 6.36. The standard InChI is InChI=1S/C13H22F2O2Si/c1-3-12(16)17-11(2)9-7-5-4-6-8-10-18-13(14)15/h3,11,13H,1,4-10H2,2H3. The summed E-state index contributed by atoms with van der Waals surface area (Å²) in [4.78, 5) is 10.9. The first-order valence-corrected chi connectivity index (χ1v) is 7.69. The Morgan fingerprint density at radius 3 is 2.50 bits per heavy atom. The molecule has 0 aromatic rings. The summed E-state index contributed by atoms with van der Waals surface area (Å²) < 4.78 is 28.7. The van der Waals surface area contributed by atoms with Crippen LogP contribution in [-0.4, -0.2) is 27.6 Å². The maximum Gasteiger partial charge on any atom is 0.330 e. The second-order valence-corrected chi connectivity index (χ2v) is 5.61. The van der Waals surface area contributed by atoms with Gasteiger partial charge in [-0.05, 0) is 19.8 Å². The molecule has 5 heteroatoms. The lowest BCUT2D eigenvalue weighted by Gasteiger charge is -2.11. The van der Waals surface area contributed by atoms with E-state index in [4.69, 9.17) is 4.74 Å². The van der Waals surface area contributed by atoms with Crippen LogP contribution in [0, 0.1) is 0 Å². The maximum absolute atomic E-state index is 11.9. The molecule has 0 aliphatic heterocycles. The van der Waals surface area contributed by atoms with Gasteiger partial charge in [0.05, 0.1) is 6.10 Å². The Hall–Kier alpha value is -0.713. The van der Waals surface area contributed by atoms with E-state index in [1.807, 2.05) is 6.92 Å². The molecule has 2 radical (unpaired) electrons. The van der Waals surface area contributed by atoms with Gasteiger partial charge in [-0.25, -0.2) is 13.6 Å². The Morgan fingerprint density at radius 2 is 1.89 bits per heavy atom. The molecule has 0 saturated carbocycles. The van der Waals surface area contributed by atoms with Crippen molar-refractivity contribution < 1.29 is 18.3 Å². The van der Waals surface area contributed by atoms with Crippen LogP contribution in [0.1, 0.15) is 45.4 Å². The smallest absolute Gasteiger partial charge is 0.330 e. The summed E-state index contributed by atoms with van der Waals surface area (Å²) >= 11 is 0. The number of hydrogen-bond acceptors (Lipinski definition) is 2. The highest BCUT2D eigenvalue weighted by Crippen LogP contribution is 2.11. The van der Waals surface area contributed by atoms with Gasteiger partial charge in [-0.3, -0.25) is 0 Å². The third-order valence-corrected chi connectivity index (χ3v) is 3.52. The van der Waals surface area contributed by atoms with Crippen LogP contribution in [0.25, 0.3) is 0 Å². The average Bonchev–Trinajstić information content (AvgIpc) is 2.31. The van der Waals surface area contributed by atoms with Crippen molar-refractivity contribution in [2.24, 2.45) is 0 Å². The number of carbonyl (C=O) groups is 1. The molecule has 0 bridgehead atoms. The van der Waals surface area contributed by atoms with E-state index in [-0.39, 0.29) is 21.6 Å². The van der Waals surface area contributed by atoms with E-state index >= 15 is 0 Å². The summed E-state index contributed by atoms with van der Waals surface area (Å²) in [6.07, 6.45) is 6.98. The molecule has 0 heterocycles. The van der Waals surface area contributed by atoms with Crippen LogP contribution in [0.15, 0.2) is 12.7 Å². The van der Waals surface area contributed by atoms with Gasteiger partial charge in [0.15, 0.2) is 0 Å². The third-order valence-electron chi connectivity index (χ3n) is 2.57. The zero-order valence-corrected chi connectivity index (χ0v) is 12.0. The Labute approximate surface area is 111 Å². The Morgan fingerprint density at radius 1 is 1.28 bits per heavy atom. The number of hydrogen-bond donors (Lipinski definition) is 0.